The van der Waals surface area contributed by atoms with Crippen molar-refractivity contribution in [3.8, 4) is 11.5 Å². The standard InChI is InChI=1S/C26H28N4O5/c1-34-24-13-18-10-12-29(16-19(18)14-25(24)35-2)11-9-17-3-5-20(6-4-17)28-26(31)22-8-7-21(30(32)33)15-23(22)27/h3-8,13-15H,9-12,16,27H2,1-2H3,(H,28,31). The van der Waals surface area contributed by atoms with E-state index in [9.17, 15) is 14.9 Å². The van der Waals surface area contributed by atoms with Crippen LogP contribution in [0, 0.1) is 10.1 Å². The number of carbonyl (C=O) groups excluding carboxylic acids is 1. The molecule has 0 bridgehead atoms. The summed E-state index contributed by atoms with van der Waals surface area (Å²) in [4.78, 5) is 25.3. The first-order valence-corrected chi connectivity index (χ1v) is 11.3. The van der Waals surface area contributed by atoms with Gasteiger partial charge >= 0.3 is 0 Å². The number of carbonyl (C=O) groups is 1. The minimum absolute atomic E-state index is 0.0625. The zero-order chi connectivity index (χ0) is 24.9. The number of rotatable bonds is 8. The van der Waals surface area contributed by atoms with Gasteiger partial charge in [0, 0.05) is 37.5 Å². The average molecular weight is 477 g/mol. The summed E-state index contributed by atoms with van der Waals surface area (Å²) in [7, 11) is 3.30. The van der Waals surface area contributed by atoms with Gasteiger partial charge in [-0.3, -0.25) is 19.8 Å². The first-order chi connectivity index (χ1) is 16.9. The monoisotopic (exact) mass is 476 g/mol. The molecule has 4 rings (SSSR count). The van der Waals surface area contributed by atoms with Crippen molar-refractivity contribution in [1.82, 2.24) is 4.90 Å². The third-order valence-corrected chi connectivity index (χ3v) is 6.22. The first-order valence-electron chi connectivity index (χ1n) is 11.3. The normalized spacial score (nSPS) is 13.1. The molecule has 182 valence electrons. The fourth-order valence-corrected chi connectivity index (χ4v) is 4.24. The number of nitro benzene ring substituents is 1. The largest absolute Gasteiger partial charge is 0.493 e. The highest BCUT2D eigenvalue weighted by Crippen LogP contribution is 2.33. The Labute approximate surface area is 203 Å². The SMILES string of the molecule is COc1cc2c(cc1OC)CN(CCc1ccc(NC(=O)c3ccc([N+](=O)[O-])cc3N)cc1)CC2. The maximum absolute atomic E-state index is 12.5. The molecule has 0 saturated carbocycles. The van der Waals surface area contributed by atoms with Gasteiger partial charge in [0.25, 0.3) is 11.6 Å². The molecule has 9 heteroatoms. The molecule has 0 aromatic heterocycles. The highest BCUT2D eigenvalue weighted by molar-refractivity contribution is 6.07. The minimum atomic E-state index is -0.548. The lowest BCUT2D eigenvalue weighted by Gasteiger charge is -2.29. The summed E-state index contributed by atoms with van der Waals surface area (Å²) in [5.74, 6) is 1.11. The second-order valence-corrected chi connectivity index (χ2v) is 8.43. The molecule has 1 aliphatic heterocycles. The van der Waals surface area contributed by atoms with Crippen LogP contribution in [-0.4, -0.2) is 43.0 Å². The molecule has 0 atom stereocenters. The molecule has 0 radical (unpaired) electrons. The summed E-state index contributed by atoms with van der Waals surface area (Å²) in [6.07, 6.45) is 1.85. The van der Waals surface area contributed by atoms with Crippen molar-refractivity contribution in [3.05, 3.63) is 87.0 Å². The number of nitrogen functional groups attached to an aromatic ring is 1. The summed E-state index contributed by atoms with van der Waals surface area (Å²) in [5.41, 5.74) is 10.3. The molecule has 3 aromatic rings. The van der Waals surface area contributed by atoms with Crippen LogP contribution in [0.5, 0.6) is 11.5 Å². The molecule has 1 heterocycles. The molecule has 1 aliphatic rings. The number of nitrogens with one attached hydrogen (secondary N) is 1. The lowest BCUT2D eigenvalue weighted by atomic mass is 9.98. The van der Waals surface area contributed by atoms with Crippen molar-refractivity contribution in [3.63, 3.8) is 0 Å². The van der Waals surface area contributed by atoms with Crippen molar-refractivity contribution in [1.29, 1.82) is 0 Å². The highest BCUT2D eigenvalue weighted by Gasteiger charge is 2.19. The van der Waals surface area contributed by atoms with Crippen molar-refractivity contribution >= 4 is 23.0 Å². The number of anilines is 2. The van der Waals surface area contributed by atoms with Gasteiger partial charge < -0.3 is 20.5 Å². The molecule has 0 spiro atoms. The van der Waals surface area contributed by atoms with Crippen LogP contribution < -0.4 is 20.5 Å². The Hall–Kier alpha value is -4.11. The fourth-order valence-electron chi connectivity index (χ4n) is 4.24. The number of fused-ring (bicyclic) bond motifs is 1. The van der Waals surface area contributed by atoms with E-state index in [1.807, 2.05) is 24.3 Å². The molecule has 35 heavy (non-hydrogen) atoms. The Morgan fingerprint density at radius 2 is 1.74 bits per heavy atom. The van der Waals surface area contributed by atoms with E-state index in [0.29, 0.717) is 5.69 Å². The van der Waals surface area contributed by atoms with Crippen LogP contribution in [0.1, 0.15) is 27.0 Å². The van der Waals surface area contributed by atoms with E-state index in [-0.39, 0.29) is 16.9 Å². The molecule has 9 nitrogen and oxygen atoms in total. The zero-order valence-electron chi connectivity index (χ0n) is 19.7. The summed E-state index contributed by atoms with van der Waals surface area (Å²) in [6.45, 7) is 2.76. The van der Waals surface area contributed by atoms with Gasteiger partial charge in [0.15, 0.2) is 11.5 Å². The number of non-ortho nitro benzene ring substituents is 1. The predicted molar refractivity (Wildman–Crippen MR) is 134 cm³/mol. The van der Waals surface area contributed by atoms with E-state index in [2.05, 4.69) is 22.3 Å². The second-order valence-electron chi connectivity index (χ2n) is 8.43. The second kappa shape index (κ2) is 10.4. The van der Waals surface area contributed by atoms with Crippen molar-refractivity contribution in [2.75, 3.05) is 38.4 Å². The van der Waals surface area contributed by atoms with Crippen LogP contribution in [0.15, 0.2) is 54.6 Å². The number of nitrogens with zero attached hydrogens (tertiary/aromatic N) is 2. The number of hydrogen-bond donors (Lipinski definition) is 2. The van der Waals surface area contributed by atoms with Crippen molar-refractivity contribution < 1.29 is 19.2 Å². The highest BCUT2D eigenvalue weighted by atomic mass is 16.6. The van der Waals surface area contributed by atoms with Crippen LogP contribution in [0.3, 0.4) is 0 Å². The van der Waals surface area contributed by atoms with Gasteiger partial charge in [-0.05, 0) is 59.9 Å². The van der Waals surface area contributed by atoms with E-state index >= 15 is 0 Å². The van der Waals surface area contributed by atoms with Gasteiger partial charge in [-0.1, -0.05) is 12.1 Å². The maximum Gasteiger partial charge on any atom is 0.271 e. The molecule has 3 aromatic carbocycles. The number of hydrogen-bond acceptors (Lipinski definition) is 7. The number of amides is 1. The lowest BCUT2D eigenvalue weighted by molar-refractivity contribution is -0.384. The number of methoxy groups -OCH3 is 2. The zero-order valence-corrected chi connectivity index (χ0v) is 19.7. The summed E-state index contributed by atoms with van der Waals surface area (Å²) in [5, 5.41) is 13.6. The quantitative estimate of drug-likeness (QED) is 0.286. The van der Waals surface area contributed by atoms with E-state index in [4.69, 9.17) is 15.2 Å². The van der Waals surface area contributed by atoms with Crippen LogP contribution in [-0.2, 0) is 19.4 Å². The Balaban J connectivity index is 1.33. The molecular formula is C26H28N4O5. The maximum atomic E-state index is 12.5. The third kappa shape index (κ3) is 5.52. The molecule has 0 fully saturated rings. The summed E-state index contributed by atoms with van der Waals surface area (Å²) in [6, 6.07) is 15.6. The number of nitrogens with two attached hydrogens (primary N) is 1. The van der Waals surface area contributed by atoms with Crippen molar-refractivity contribution in [2.24, 2.45) is 0 Å². The smallest absolute Gasteiger partial charge is 0.271 e. The van der Waals surface area contributed by atoms with Crippen LogP contribution >= 0.6 is 0 Å². The summed E-state index contributed by atoms with van der Waals surface area (Å²) >= 11 is 0. The van der Waals surface area contributed by atoms with E-state index in [1.54, 1.807) is 14.2 Å². The summed E-state index contributed by atoms with van der Waals surface area (Å²) < 4.78 is 10.9. The Kier molecular flexibility index (Phi) is 7.17. The average Bonchev–Trinajstić information content (AvgIpc) is 2.87. The van der Waals surface area contributed by atoms with Gasteiger partial charge in [0.1, 0.15) is 0 Å². The van der Waals surface area contributed by atoms with E-state index in [0.717, 1.165) is 49.5 Å². The number of benzene rings is 3. The minimum Gasteiger partial charge on any atom is -0.493 e. The Morgan fingerprint density at radius 1 is 1.06 bits per heavy atom. The van der Waals surface area contributed by atoms with Crippen molar-refractivity contribution in [2.45, 2.75) is 19.4 Å². The van der Waals surface area contributed by atoms with Crippen LogP contribution in [0.25, 0.3) is 0 Å². The van der Waals surface area contributed by atoms with Gasteiger partial charge in [-0.25, -0.2) is 0 Å². The third-order valence-electron chi connectivity index (χ3n) is 6.22. The predicted octanol–water partition coefficient (Wildman–Crippen LogP) is 4.05. The molecule has 0 saturated heterocycles. The number of ether oxygens (including phenoxy) is 2. The van der Waals surface area contributed by atoms with Gasteiger partial charge in [-0.2, -0.15) is 0 Å². The van der Waals surface area contributed by atoms with Crippen LogP contribution in [0.4, 0.5) is 17.1 Å². The van der Waals surface area contributed by atoms with Gasteiger partial charge in [0.2, 0.25) is 0 Å². The van der Waals surface area contributed by atoms with Crippen LogP contribution in [0.2, 0.25) is 0 Å². The molecule has 1 amide bonds. The molecule has 3 N–H and O–H groups in total. The van der Waals surface area contributed by atoms with Gasteiger partial charge in [0.05, 0.1) is 30.4 Å². The fraction of sp³-hybridized carbons (Fsp3) is 0.269. The molecule has 0 aliphatic carbocycles. The molecular weight excluding hydrogens is 448 g/mol. The number of nitro groups is 1. The van der Waals surface area contributed by atoms with E-state index < -0.39 is 10.8 Å². The topological polar surface area (TPSA) is 120 Å². The lowest BCUT2D eigenvalue weighted by Crippen LogP contribution is -2.32. The van der Waals surface area contributed by atoms with Gasteiger partial charge in [-0.15, -0.1) is 0 Å². The first kappa shape index (κ1) is 24.0. The molecule has 0 unspecified atom stereocenters. The van der Waals surface area contributed by atoms with E-state index in [1.165, 1.54) is 29.3 Å². The Morgan fingerprint density at radius 3 is 2.37 bits per heavy atom. The Bertz CT molecular complexity index is 1240.